The van der Waals surface area contributed by atoms with Gasteiger partial charge in [0.1, 0.15) is 0 Å². The molecule has 9 heteroatoms. The fourth-order valence-electron chi connectivity index (χ4n) is 2.78. The van der Waals surface area contributed by atoms with E-state index in [9.17, 15) is 13.2 Å². The van der Waals surface area contributed by atoms with Gasteiger partial charge in [0.15, 0.2) is 15.0 Å². The Morgan fingerprint density at radius 2 is 1.96 bits per heavy atom. The quantitative estimate of drug-likeness (QED) is 0.672. The van der Waals surface area contributed by atoms with Gasteiger partial charge in [-0.3, -0.25) is 10.1 Å². The lowest BCUT2D eigenvalue weighted by Gasteiger charge is -2.20. The maximum absolute atomic E-state index is 12.9. The largest absolute Gasteiger partial charge is 0.381 e. The van der Waals surface area contributed by atoms with Crippen molar-refractivity contribution >= 4 is 53.7 Å². The number of ether oxygens (including phenoxy) is 1. The van der Waals surface area contributed by atoms with Crippen LogP contribution in [0.1, 0.15) is 18.4 Å². The maximum atomic E-state index is 12.9. The van der Waals surface area contributed by atoms with Gasteiger partial charge in [-0.15, -0.1) is 0 Å². The Morgan fingerprint density at radius 1 is 1.30 bits per heavy atom. The summed E-state index contributed by atoms with van der Waals surface area (Å²) in [6.45, 7) is 1.34. The van der Waals surface area contributed by atoms with Crippen LogP contribution in [0.5, 0.6) is 0 Å². The Balaban J connectivity index is 1.91. The first-order valence-electron chi connectivity index (χ1n) is 8.35. The van der Waals surface area contributed by atoms with Crippen LogP contribution >= 0.6 is 27.3 Å². The van der Waals surface area contributed by atoms with E-state index in [4.69, 9.17) is 4.74 Å². The molecule has 1 amide bonds. The summed E-state index contributed by atoms with van der Waals surface area (Å²) in [7, 11) is -3.29. The third-order valence-electron chi connectivity index (χ3n) is 4.20. The summed E-state index contributed by atoms with van der Waals surface area (Å²) in [6.07, 6.45) is 6.44. The molecule has 1 aliphatic heterocycles. The Morgan fingerprint density at radius 3 is 2.52 bits per heavy atom. The number of anilines is 1. The number of rotatable bonds is 5. The molecule has 1 N–H and O–H groups in total. The lowest BCUT2D eigenvalue weighted by Crippen LogP contribution is -2.18. The summed E-state index contributed by atoms with van der Waals surface area (Å²) in [4.78, 5) is 17.3. The first kappa shape index (κ1) is 20.2. The molecule has 27 heavy (non-hydrogen) atoms. The zero-order valence-corrected chi connectivity index (χ0v) is 17.9. The van der Waals surface area contributed by atoms with E-state index < -0.39 is 9.84 Å². The molecule has 1 saturated heterocycles. The molecular formula is C18H19BrN2O4S2. The molecule has 1 fully saturated rings. The zero-order chi connectivity index (χ0) is 19.4. The number of amides is 1. The first-order valence-corrected chi connectivity index (χ1v) is 11.9. The van der Waals surface area contributed by atoms with Crippen LogP contribution in [-0.2, 0) is 19.4 Å². The SMILES string of the molecule is CS(=O)(=O)c1ccc(/C(=C\C2CCOCC2)C(=O)Nc2ncc(Br)s2)cc1. The van der Waals surface area contributed by atoms with E-state index >= 15 is 0 Å². The minimum atomic E-state index is -3.29. The van der Waals surface area contributed by atoms with Gasteiger partial charge < -0.3 is 4.74 Å². The van der Waals surface area contributed by atoms with Crippen LogP contribution in [0.3, 0.4) is 0 Å². The molecular weight excluding hydrogens is 452 g/mol. The smallest absolute Gasteiger partial charge is 0.257 e. The molecule has 0 radical (unpaired) electrons. The van der Waals surface area contributed by atoms with Crippen molar-refractivity contribution in [2.45, 2.75) is 17.7 Å². The van der Waals surface area contributed by atoms with E-state index in [1.807, 2.05) is 6.08 Å². The molecule has 1 aliphatic rings. The number of carbonyl (C=O) groups is 1. The number of benzene rings is 1. The molecule has 1 aromatic carbocycles. The third-order valence-corrected chi connectivity index (χ3v) is 6.72. The average Bonchev–Trinajstić information content (AvgIpc) is 3.04. The zero-order valence-electron chi connectivity index (χ0n) is 14.6. The highest BCUT2D eigenvalue weighted by molar-refractivity contribution is 9.11. The number of halogens is 1. The van der Waals surface area contributed by atoms with Crippen molar-refractivity contribution in [3.05, 3.63) is 45.9 Å². The van der Waals surface area contributed by atoms with Crippen LogP contribution in [0.2, 0.25) is 0 Å². The lowest BCUT2D eigenvalue weighted by molar-refractivity contribution is -0.111. The highest BCUT2D eigenvalue weighted by Gasteiger charge is 2.19. The van der Waals surface area contributed by atoms with Crippen molar-refractivity contribution in [2.75, 3.05) is 24.8 Å². The lowest BCUT2D eigenvalue weighted by atomic mass is 9.94. The van der Waals surface area contributed by atoms with E-state index in [2.05, 4.69) is 26.2 Å². The molecule has 0 unspecified atom stereocenters. The Bertz CT molecular complexity index is 946. The van der Waals surface area contributed by atoms with E-state index in [1.54, 1.807) is 18.3 Å². The van der Waals surface area contributed by atoms with Crippen molar-refractivity contribution in [2.24, 2.45) is 5.92 Å². The second-order valence-electron chi connectivity index (χ2n) is 6.25. The Kier molecular flexibility index (Phi) is 6.46. The molecule has 6 nitrogen and oxygen atoms in total. The molecule has 1 aromatic heterocycles. The van der Waals surface area contributed by atoms with Crippen molar-refractivity contribution in [1.29, 1.82) is 0 Å². The van der Waals surface area contributed by atoms with Crippen LogP contribution < -0.4 is 5.32 Å². The number of carbonyl (C=O) groups excluding carboxylic acids is 1. The van der Waals surface area contributed by atoms with Crippen molar-refractivity contribution < 1.29 is 17.9 Å². The summed E-state index contributed by atoms with van der Waals surface area (Å²) < 4.78 is 29.6. The standard InChI is InChI=1S/C18H19BrN2O4S2/c1-27(23,24)14-4-2-13(3-5-14)15(10-12-6-8-25-9-7-12)17(22)21-18-20-11-16(19)26-18/h2-5,10-12H,6-9H2,1H3,(H,20,21,22)/b15-10+. The molecule has 0 atom stereocenters. The van der Waals surface area contributed by atoms with Crippen LogP contribution in [-0.4, -0.2) is 38.8 Å². The predicted octanol–water partition coefficient (Wildman–Crippen LogP) is 3.76. The van der Waals surface area contributed by atoms with Gasteiger partial charge in [0, 0.05) is 25.0 Å². The van der Waals surface area contributed by atoms with Crippen LogP contribution in [0, 0.1) is 5.92 Å². The number of allylic oxidation sites excluding steroid dienone is 1. The molecule has 144 valence electrons. The van der Waals surface area contributed by atoms with E-state index in [0.717, 1.165) is 22.9 Å². The Labute approximate surface area is 170 Å². The molecule has 3 rings (SSSR count). The average molecular weight is 471 g/mol. The summed E-state index contributed by atoms with van der Waals surface area (Å²) in [6, 6.07) is 6.38. The number of aromatic nitrogens is 1. The predicted molar refractivity (Wildman–Crippen MR) is 110 cm³/mol. The molecule has 2 heterocycles. The highest BCUT2D eigenvalue weighted by Crippen LogP contribution is 2.27. The van der Waals surface area contributed by atoms with E-state index in [-0.39, 0.29) is 16.7 Å². The monoisotopic (exact) mass is 470 g/mol. The third kappa shape index (κ3) is 5.47. The first-order chi connectivity index (χ1) is 12.8. The normalized spacial score (nSPS) is 16.3. The second kappa shape index (κ2) is 8.64. The van der Waals surface area contributed by atoms with Crippen LogP contribution in [0.15, 0.2) is 45.2 Å². The van der Waals surface area contributed by atoms with E-state index in [1.165, 1.54) is 23.5 Å². The summed E-state index contributed by atoms with van der Waals surface area (Å²) in [5.74, 6) is -0.0347. The van der Waals surface area contributed by atoms with Crippen molar-refractivity contribution in [1.82, 2.24) is 4.98 Å². The molecule has 0 aliphatic carbocycles. The van der Waals surface area contributed by atoms with E-state index in [0.29, 0.717) is 29.5 Å². The number of hydrogen-bond donors (Lipinski definition) is 1. The summed E-state index contributed by atoms with van der Waals surface area (Å²) in [5.41, 5.74) is 1.18. The summed E-state index contributed by atoms with van der Waals surface area (Å²) >= 11 is 4.66. The van der Waals surface area contributed by atoms with Crippen molar-refractivity contribution in [3.8, 4) is 0 Å². The number of hydrogen-bond acceptors (Lipinski definition) is 6. The Hall–Kier alpha value is -1.55. The van der Waals surface area contributed by atoms with Gasteiger partial charge in [-0.1, -0.05) is 29.5 Å². The van der Waals surface area contributed by atoms with Gasteiger partial charge in [-0.2, -0.15) is 0 Å². The van der Waals surface area contributed by atoms with Crippen LogP contribution in [0.4, 0.5) is 5.13 Å². The number of sulfone groups is 1. The number of thiazole rings is 1. The number of nitrogens with zero attached hydrogens (tertiary/aromatic N) is 1. The van der Waals surface area contributed by atoms with Gasteiger partial charge in [-0.05, 0) is 52.4 Å². The summed E-state index contributed by atoms with van der Waals surface area (Å²) in [5, 5.41) is 3.31. The molecule has 0 saturated carbocycles. The minimum absolute atomic E-state index is 0.223. The number of nitrogens with one attached hydrogen (secondary N) is 1. The fourth-order valence-corrected chi connectivity index (χ4v) is 4.51. The van der Waals surface area contributed by atoms with Crippen molar-refractivity contribution in [3.63, 3.8) is 0 Å². The molecule has 2 aromatic rings. The second-order valence-corrected chi connectivity index (χ2v) is 10.7. The van der Waals surface area contributed by atoms with Crippen LogP contribution in [0.25, 0.3) is 5.57 Å². The topological polar surface area (TPSA) is 85.4 Å². The molecule has 0 spiro atoms. The van der Waals surface area contributed by atoms with Gasteiger partial charge in [0.25, 0.3) is 5.91 Å². The van der Waals surface area contributed by atoms with Gasteiger partial charge >= 0.3 is 0 Å². The van der Waals surface area contributed by atoms with Gasteiger partial charge in [-0.25, -0.2) is 13.4 Å². The van der Waals surface area contributed by atoms with Gasteiger partial charge in [0.2, 0.25) is 0 Å². The van der Waals surface area contributed by atoms with Gasteiger partial charge in [0.05, 0.1) is 14.9 Å². The maximum Gasteiger partial charge on any atom is 0.257 e. The minimum Gasteiger partial charge on any atom is -0.381 e. The molecule has 0 bridgehead atoms. The highest BCUT2D eigenvalue weighted by atomic mass is 79.9. The fraction of sp³-hybridized carbons (Fsp3) is 0.333.